The summed E-state index contributed by atoms with van der Waals surface area (Å²) in [5.74, 6) is 2.29. The van der Waals surface area contributed by atoms with Crippen molar-refractivity contribution in [3.05, 3.63) is 23.9 Å². The summed E-state index contributed by atoms with van der Waals surface area (Å²) in [6, 6.07) is 3.87. The highest BCUT2D eigenvalue weighted by Crippen LogP contribution is 2.29. The van der Waals surface area contributed by atoms with Crippen molar-refractivity contribution in [3.8, 4) is 5.88 Å². The molecule has 0 aromatic carbocycles. The van der Waals surface area contributed by atoms with Crippen molar-refractivity contribution in [1.29, 1.82) is 0 Å². The number of hydrogen-bond acceptors (Lipinski definition) is 4. The van der Waals surface area contributed by atoms with Crippen LogP contribution in [0.5, 0.6) is 5.88 Å². The van der Waals surface area contributed by atoms with Crippen LogP contribution in [0.4, 0.5) is 13.2 Å². The molecular formula is C21H32F3N5O. The lowest BCUT2D eigenvalue weighted by atomic mass is 10.1. The molecule has 168 valence electrons. The third-order valence-corrected chi connectivity index (χ3v) is 5.58. The van der Waals surface area contributed by atoms with Gasteiger partial charge in [-0.2, -0.15) is 13.2 Å². The van der Waals surface area contributed by atoms with Crippen LogP contribution in [0.15, 0.2) is 23.3 Å². The van der Waals surface area contributed by atoms with Crippen LogP contribution in [0.3, 0.4) is 0 Å². The Bertz CT molecular complexity index is 708. The Morgan fingerprint density at radius 3 is 2.80 bits per heavy atom. The highest BCUT2D eigenvalue weighted by Gasteiger charge is 2.33. The lowest BCUT2D eigenvalue weighted by Crippen LogP contribution is -2.41. The van der Waals surface area contributed by atoms with Gasteiger partial charge in [-0.1, -0.05) is 6.92 Å². The van der Waals surface area contributed by atoms with Gasteiger partial charge < -0.3 is 15.0 Å². The number of aromatic nitrogens is 1. The number of likely N-dealkylation sites (tertiary alicyclic amines) is 1. The minimum atomic E-state index is -4.16. The molecule has 0 spiro atoms. The van der Waals surface area contributed by atoms with E-state index in [2.05, 4.69) is 20.2 Å². The zero-order valence-electron chi connectivity index (χ0n) is 17.8. The van der Waals surface area contributed by atoms with E-state index in [1.54, 1.807) is 20.2 Å². The predicted octanol–water partition coefficient (Wildman–Crippen LogP) is 3.15. The van der Waals surface area contributed by atoms with Crippen LogP contribution >= 0.6 is 0 Å². The van der Waals surface area contributed by atoms with Crippen LogP contribution < -0.4 is 10.1 Å². The molecule has 30 heavy (non-hydrogen) atoms. The Morgan fingerprint density at radius 2 is 2.13 bits per heavy atom. The van der Waals surface area contributed by atoms with E-state index in [-0.39, 0.29) is 5.92 Å². The van der Waals surface area contributed by atoms with E-state index in [1.807, 2.05) is 12.1 Å². The van der Waals surface area contributed by atoms with Gasteiger partial charge in [0.15, 0.2) is 5.96 Å². The SMILES string of the molecule is CCN(CC1CCN(C(=NC)NCc2ccnc(OCC3CC3)c2)C1)CC(F)(F)F. The normalized spacial score (nSPS) is 20.1. The molecule has 0 bridgehead atoms. The topological polar surface area (TPSA) is 53.0 Å². The number of nitrogens with one attached hydrogen (secondary N) is 1. The van der Waals surface area contributed by atoms with E-state index in [9.17, 15) is 13.2 Å². The maximum absolute atomic E-state index is 12.7. The summed E-state index contributed by atoms with van der Waals surface area (Å²) in [7, 11) is 1.73. The third kappa shape index (κ3) is 7.34. The Morgan fingerprint density at radius 1 is 1.33 bits per heavy atom. The standard InChI is InChI=1S/C21H32F3N5O/c1-3-28(15-21(22,23)24)12-18-7-9-29(13-18)20(25-2)27-11-17-6-8-26-19(10-17)30-14-16-4-5-16/h6,8,10,16,18H,3-5,7,9,11-15H2,1-2H3,(H,25,27). The van der Waals surface area contributed by atoms with Crippen molar-refractivity contribution in [1.82, 2.24) is 20.1 Å². The van der Waals surface area contributed by atoms with Gasteiger partial charge in [0.25, 0.3) is 0 Å². The Kier molecular flexibility index (Phi) is 7.80. The van der Waals surface area contributed by atoms with Gasteiger partial charge in [0.05, 0.1) is 13.2 Å². The van der Waals surface area contributed by atoms with Crippen LogP contribution in [-0.2, 0) is 6.54 Å². The third-order valence-electron chi connectivity index (χ3n) is 5.58. The number of hydrogen-bond donors (Lipinski definition) is 1. The molecule has 1 saturated heterocycles. The molecule has 9 heteroatoms. The van der Waals surface area contributed by atoms with Crippen molar-refractivity contribution >= 4 is 5.96 Å². The van der Waals surface area contributed by atoms with Gasteiger partial charge in [0.1, 0.15) is 0 Å². The molecule has 1 aliphatic carbocycles. The van der Waals surface area contributed by atoms with E-state index in [0.717, 1.165) is 31.1 Å². The second-order valence-electron chi connectivity index (χ2n) is 8.20. The first-order chi connectivity index (χ1) is 14.4. The fourth-order valence-electron chi connectivity index (χ4n) is 3.74. The molecule has 1 aliphatic heterocycles. The molecule has 1 aromatic heterocycles. The molecule has 1 saturated carbocycles. The number of pyridine rings is 1. The minimum Gasteiger partial charge on any atom is -0.477 e. The monoisotopic (exact) mass is 427 g/mol. The second kappa shape index (κ2) is 10.3. The highest BCUT2D eigenvalue weighted by molar-refractivity contribution is 5.80. The number of guanidine groups is 1. The first kappa shape index (κ1) is 22.7. The molecule has 6 nitrogen and oxygen atoms in total. The summed E-state index contributed by atoms with van der Waals surface area (Å²) in [6.45, 7) is 4.59. The van der Waals surface area contributed by atoms with Crippen LogP contribution in [0.1, 0.15) is 31.7 Å². The van der Waals surface area contributed by atoms with Gasteiger partial charge in [0.2, 0.25) is 5.88 Å². The summed E-state index contributed by atoms with van der Waals surface area (Å²) in [6.07, 6.45) is 0.927. The summed E-state index contributed by atoms with van der Waals surface area (Å²) < 4.78 is 43.9. The molecule has 1 unspecified atom stereocenters. The zero-order chi connectivity index (χ0) is 21.6. The van der Waals surface area contributed by atoms with E-state index < -0.39 is 12.7 Å². The molecule has 0 amide bonds. The zero-order valence-corrected chi connectivity index (χ0v) is 17.8. The fraction of sp³-hybridized carbons (Fsp3) is 0.714. The van der Waals surface area contributed by atoms with Gasteiger partial charge in [-0.3, -0.25) is 9.89 Å². The number of aliphatic imine (C=N–C) groups is 1. The quantitative estimate of drug-likeness (QED) is 0.485. The van der Waals surface area contributed by atoms with Gasteiger partial charge in [-0.15, -0.1) is 0 Å². The summed E-state index contributed by atoms with van der Waals surface area (Å²) in [5.41, 5.74) is 1.05. The van der Waals surface area contributed by atoms with E-state index >= 15 is 0 Å². The van der Waals surface area contributed by atoms with Crippen molar-refractivity contribution in [2.24, 2.45) is 16.8 Å². The number of nitrogens with zero attached hydrogens (tertiary/aromatic N) is 4. The lowest BCUT2D eigenvalue weighted by molar-refractivity contribution is -0.146. The highest BCUT2D eigenvalue weighted by atomic mass is 19.4. The van der Waals surface area contributed by atoms with Crippen LogP contribution in [0.25, 0.3) is 0 Å². The molecular weight excluding hydrogens is 395 g/mol. The number of rotatable bonds is 9. The average molecular weight is 428 g/mol. The van der Waals surface area contributed by atoms with E-state index in [1.165, 1.54) is 17.7 Å². The maximum Gasteiger partial charge on any atom is 0.401 e. The summed E-state index contributed by atoms with van der Waals surface area (Å²) in [4.78, 5) is 12.2. The molecule has 1 N–H and O–H groups in total. The number of halogens is 3. The van der Waals surface area contributed by atoms with Crippen LogP contribution in [0.2, 0.25) is 0 Å². The molecule has 2 heterocycles. The Hall–Kier alpha value is -2.03. The minimum absolute atomic E-state index is 0.203. The van der Waals surface area contributed by atoms with Gasteiger partial charge in [-0.05, 0) is 49.3 Å². The second-order valence-corrected chi connectivity index (χ2v) is 8.20. The molecule has 1 aromatic rings. The summed E-state index contributed by atoms with van der Waals surface area (Å²) >= 11 is 0. The molecule has 0 radical (unpaired) electrons. The van der Waals surface area contributed by atoms with Crippen LogP contribution in [0, 0.1) is 11.8 Å². The molecule has 3 rings (SSSR count). The molecule has 1 atom stereocenters. The first-order valence-electron chi connectivity index (χ1n) is 10.7. The van der Waals surface area contributed by atoms with Gasteiger partial charge in [-0.25, -0.2) is 4.98 Å². The van der Waals surface area contributed by atoms with E-state index in [4.69, 9.17) is 4.74 Å². The van der Waals surface area contributed by atoms with E-state index in [0.29, 0.717) is 38.0 Å². The maximum atomic E-state index is 12.7. The Balaban J connectivity index is 1.46. The smallest absolute Gasteiger partial charge is 0.401 e. The largest absolute Gasteiger partial charge is 0.477 e. The summed E-state index contributed by atoms with van der Waals surface area (Å²) in [5, 5.41) is 3.36. The Labute approximate surface area is 176 Å². The van der Waals surface area contributed by atoms with Crippen molar-refractivity contribution in [2.45, 2.75) is 38.9 Å². The van der Waals surface area contributed by atoms with Crippen molar-refractivity contribution in [3.63, 3.8) is 0 Å². The van der Waals surface area contributed by atoms with Crippen LogP contribution in [-0.4, -0.2) is 73.3 Å². The number of alkyl halides is 3. The number of ether oxygens (including phenoxy) is 1. The predicted molar refractivity (Wildman–Crippen MR) is 111 cm³/mol. The fourth-order valence-corrected chi connectivity index (χ4v) is 3.74. The molecule has 2 aliphatic rings. The van der Waals surface area contributed by atoms with Crippen molar-refractivity contribution in [2.75, 3.05) is 46.4 Å². The lowest BCUT2D eigenvalue weighted by Gasteiger charge is -2.26. The molecule has 2 fully saturated rings. The first-order valence-corrected chi connectivity index (χ1v) is 10.7. The van der Waals surface area contributed by atoms with Crippen molar-refractivity contribution < 1.29 is 17.9 Å². The average Bonchev–Trinajstić information content (AvgIpc) is 3.43. The van der Waals surface area contributed by atoms with Gasteiger partial charge in [0, 0.05) is 45.5 Å². The van der Waals surface area contributed by atoms with Gasteiger partial charge >= 0.3 is 6.18 Å².